The summed E-state index contributed by atoms with van der Waals surface area (Å²) < 4.78 is 5.38. The summed E-state index contributed by atoms with van der Waals surface area (Å²) in [6, 6.07) is 8.69. The van der Waals surface area contributed by atoms with Gasteiger partial charge in [0.15, 0.2) is 0 Å². The number of alkyl halides is 1. The van der Waals surface area contributed by atoms with Crippen molar-refractivity contribution < 1.29 is 4.74 Å². The zero-order valence-electron chi connectivity index (χ0n) is 9.95. The van der Waals surface area contributed by atoms with Crippen LogP contribution in [0.4, 0.5) is 0 Å². The van der Waals surface area contributed by atoms with Gasteiger partial charge in [-0.25, -0.2) is 0 Å². The smallest absolute Gasteiger partial charge is 0.0636 e. The first-order chi connectivity index (χ1) is 7.68. The minimum atomic E-state index is 0.101. The van der Waals surface area contributed by atoms with Crippen LogP contribution in [0.15, 0.2) is 24.3 Å². The van der Waals surface area contributed by atoms with Crippen molar-refractivity contribution in [1.82, 2.24) is 0 Å². The van der Waals surface area contributed by atoms with Gasteiger partial charge < -0.3 is 4.74 Å². The number of hydrogen-bond acceptors (Lipinski definition) is 1. The molecule has 0 aromatic heterocycles. The van der Waals surface area contributed by atoms with Crippen LogP contribution in [-0.4, -0.2) is 13.2 Å². The molecule has 1 fully saturated rings. The van der Waals surface area contributed by atoms with Crippen LogP contribution in [-0.2, 0) is 4.74 Å². The van der Waals surface area contributed by atoms with Gasteiger partial charge in [-0.3, -0.25) is 0 Å². The lowest BCUT2D eigenvalue weighted by Gasteiger charge is -2.16. The number of benzene rings is 1. The molecule has 1 aromatic carbocycles. The van der Waals surface area contributed by atoms with Crippen molar-refractivity contribution in [3.05, 3.63) is 35.4 Å². The van der Waals surface area contributed by atoms with Crippen molar-refractivity contribution in [2.24, 2.45) is 5.92 Å². The monoisotopic (exact) mass is 238 g/mol. The molecular formula is C14H19ClO. The summed E-state index contributed by atoms with van der Waals surface area (Å²) in [7, 11) is 0. The lowest BCUT2D eigenvalue weighted by molar-refractivity contribution is 0.185. The van der Waals surface area contributed by atoms with E-state index in [-0.39, 0.29) is 5.38 Å². The topological polar surface area (TPSA) is 9.23 Å². The van der Waals surface area contributed by atoms with Crippen molar-refractivity contribution in [1.29, 1.82) is 0 Å². The van der Waals surface area contributed by atoms with Gasteiger partial charge in [0.1, 0.15) is 0 Å². The largest absolute Gasteiger partial charge is 0.381 e. The highest BCUT2D eigenvalue weighted by Crippen LogP contribution is 2.34. The van der Waals surface area contributed by atoms with Gasteiger partial charge in [-0.2, -0.15) is 0 Å². The molecule has 0 saturated carbocycles. The molecular weight excluding hydrogens is 220 g/mol. The SMILES string of the molecule is CC(C)c1ccc(C(Cl)C2CCOC2)cc1. The summed E-state index contributed by atoms with van der Waals surface area (Å²) >= 11 is 6.46. The van der Waals surface area contributed by atoms with E-state index in [9.17, 15) is 0 Å². The second-order valence-corrected chi connectivity index (χ2v) is 5.32. The Labute approximate surface area is 103 Å². The molecule has 0 spiro atoms. The van der Waals surface area contributed by atoms with Gasteiger partial charge in [0, 0.05) is 12.5 Å². The molecule has 2 unspecified atom stereocenters. The third-order valence-corrected chi connectivity index (χ3v) is 3.91. The van der Waals surface area contributed by atoms with E-state index in [0.29, 0.717) is 11.8 Å². The van der Waals surface area contributed by atoms with E-state index in [2.05, 4.69) is 38.1 Å². The third kappa shape index (κ3) is 2.58. The van der Waals surface area contributed by atoms with Crippen molar-refractivity contribution in [3.63, 3.8) is 0 Å². The Morgan fingerprint density at radius 1 is 1.19 bits per heavy atom. The maximum atomic E-state index is 6.46. The fraction of sp³-hybridized carbons (Fsp3) is 0.571. The van der Waals surface area contributed by atoms with Crippen molar-refractivity contribution in [2.45, 2.75) is 31.6 Å². The highest BCUT2D eigenvalue weighted by Gasteiger charge is 2.25. The fourth-order valence-electron chi connectivity index (χ4n) is 2.12. The number of ether oxygens (including phenoxy) is 1. The molecule has 2 heteroatoms. The third-order valence-electron chi connectivity index (χ3n) is 3.30. The lowest BCUT2D eigenvalue weighted by Crippen LogP contribution is -2.07. The first kappa shape index (κ1) is 11.9. The van der Waals surface area contributed by atoms with Crippen LogP contribution in [0.3, 0.4) is 0 Å². The standard InChI is InChI=1S/C14H19ClO/c1-10(2)11-3-5-12(6-4-11)14(15)13-7-8-16-9-13/h3-6,10,13-14H,7-9H2,1-2H3. The minimum Gasteiger partial charge on any atom is -0.381 e. The van der Waals surface area contributed by atoms with E-state index in [1.807, 2.05) is 0 Å². The number of hydrogen-bond donors (Lipinski definition) is 0. The van der Waals surface area contributed by atoms with Crippen molar-refractivity contribution in [3.8, 4) is 0 Å². The quantitative estimate of drug-likeness (QED) is 0.720. The Morgan fingerprint density at radius 3 is 2.31 bits per heavy atom. The molecule has 1 aliphatic rings. The highest BCUT2D eigenvalue weighted by atomic mass is 35.5. The van der Waals surface area contributed by atoms with Crippen molar-refractivity contribution >= 4 is 11.6 Å². The molecule has 0 aliphatic carbocycles. The molecule has 1 saturated heterocycles. The Hall–Kier alpha value is -0.530. The normalized spacial score (nSPS) is 22.6. The predicted molar refractivity (Wildman–Crippen MR) is 68.1 cm³/mol. The summed E-state index contributed by atoms with van der Waals surface area (Å²) in [5.74, 6) is 1.06. The van der Waals surface area contributed by atoms with E-state index in [0.717, 1.165) is 19.6 Å². The number of rotatable bonds is 3. The molecule has 0 bridgehead atoms. The number of halogens is 1. The molecule has 1 aromatic rings. The molecule has 2 atom stereocenters. The molecule has 1 heterocycles. The Balaban J connectivity index is 2.08. The Morgan fingerprint density at radius 2 is 1.81 bits per heavy atom. The molecule has 0 N–H and O–H groups in total. The van der Waals surface area contributed by atoms with Gasteiger partial charge in [-0.05, 0) is 23.5 Å². The van der Waals surface area contributed by atoms with E-state index in [1.54, 1.807) is 0 Å². The zero-order chi connectivity index (χ0) is 11.5. The van der Waals surface area contributed by atoms with Gasteiger partial charge in [-0.1, -0.05) is 38.1 Å². The maximum absolute atomic E-state index is 6.46. The average molecular weight is 239 g/mol. The molecule has 88 valence electrons. The highest BCUT2D eigenvalue weighted by molar-refractivity contribution is 6.21. The van der Waals surface area contributed by atoms with E-state index < -0.39 is 0 Å². The van der Waals surface area contributed by atoms with E-state index in [4.69, 9.17) is 16.3 Å². The first-order valence-electron chi connectivity index (χ1n) is 6.00. The predicted octanol–water partition coefficient (Wildman–Crippen LogP) is 4.13. The second kappa shape index (κ2) is 5.20. The van der Waals surface area contributed by atoms with Crippen LogP contribution >= 0.6 is 11.6 Å². The van der Waals surface area contributed by atoms with Gasteiger partial charge in [0.05, 0.1) is 12.0 Å². The lowest BCUT2D eigenvalue weighted by atomic mass is 9.95. The van der Waals surface area contributed by atoms with Crippen LogP contribution in [0.1, 0.15) is 42.7 Å². The van der Waals surface area contributed by atoms with Crippen molar-refractivity contribution in [2.75, 3.05) is 13.2 Å². The van der Waals surface area contributed by atoms with Crippen LogP contribution < -0.4 is 0 Å². The van der Waals surface area contributed by atoms with Crippen LogP contribution in [0.2, 0.25) is 0 Å². The average Bonchev–Trinajstić information content (AvgIpc) is 2.81. The van der Waals surface area contributed by atoms with E-state index in [1.165, 1.54) is 11.1 Å². The molecule has 16 heavy (non-hydrogen) atoms. The minimum absolute atomic E-state index is 0.101. The second-order valence-electron chi connectivity index (χ2n) is 4.85. The molecule has 0 radical (unpaired) electrons. The van der Waals surface area contributed by atoms with Gasteiger partial charge in [0.25, 0.3) is 0 Å². The summed E-state index contributed by atoms with van der Waals surface area (Å²) in [6.45, 7) is 6.08. The fourth-order valence-corrected chi connectivity index (χ4v) is 2.46. The summed E-state index contributed by atoms with van der Waals surface area (Å²) in [6.07, 6.45) is 1.08. The Bertz CT molecular complexity index is 325. The van der Waals surface area contributed by atoms with Crippen LogP contribution in [0.25, 0.3) is 0 Å². The van der Waals surface area contributed by atoms with Crippen LogP contribution in [0, 0.1) is 5.92 Å². The van der Waals surface area contributed by atoms with Gasteiger partial charge in [-0.15, -0.1) is 11.6 Å². The summed E-state index contributed by atoms with van der Waals surface area (Å²) in [4.78, 5) is 0. The van der Waals surface area contributed by atoms with Gasteiger partial charge in [0.2, 0.25) is 0 Å². The molecule has 1 aliphatic heterocycles. The summed E-state index contributed by atoms with van der Waals surface area (Å²) in [5, 5.41) is 0.101. The Kier molecular flexibility index (Phi) is 3.88. The summed E-state index contributed by atoms with van der Waals surface area (Å²) in [5.41, 5.74) is 2.59. The first-order valence-corrected chi connectivity index (χ1v) is 6.44. The van der Waals surface area contributed by atoms with Crippen LogP contribution in [0.5, 0.6) is 0 Å². The molecule has 1 nitrogen and oxygen atoms in total. The maximum Gasteiger partial charge on any atom is 0.0636 e. The molecule has 2 rings (SSSR count). The van der Waals surface area contributed by atoms with Gasteiger partial charge >= 0.3 is 0 Å². The van der Waals surface area contributed by atoms with E-state index >= 15 is 0 Å². The zero-order valence-corrected chi connectivity index (χ0v) is 10.7. The molecule has 0 amide bonds.